The fourth-order valence-corrected chi connectivity index (χ4v) is 3.63. The van der Waals surface area contributed by atoms with E-state index < -0.39 is 0 Å². The van der Waals surface area contributed by atoms with Crippen LogP contribution in [0.1, 0.15) is 48.0 Å². The van der Waals surface area contributed by atoms with E-state index in [2.05, 4.69) is 53.5 Å². The number of rotatable bonds is 0. The molecule has 2 heteroatoms. The number of quaternary nitrogens is 1. The van der Waals surface area contributed by atoms with Crippen molar-refractivity contribution in [3.8, 4) is 0 Å². The zero-order chi connectivity index (χ0) is 12.4. The van der Waals surface area contributed by atoms with Gasteiger partial charge in [-0.3, -0.25) is 4.90 Å². The standard InChI is InChI=1S/C14H29N2/c1-13(2,3)15-9-11-8-12(10-15)16(11,7)14(4,5)6/h11-12H,8-10H2,1-7H3/q+1. The molecular formula is C14H29N2+. The van der Waals surface area contributed by atoms with Gasteiger partial charge in [0, 0.05) is 5.54 Å². The Hall–Kier alpha value is -0.0800. The Balaban J connectivity index is 2.14. The van der Waals surface area contributed by atoms with Crippen molar-refractivity contribution in [1.29, 1.82) is 0 Å². The van der Waals surface area contributed by atoms with Crippen LogP contribution < -0.4 is 0 Å². The highest BCUT2D eigenvalue weighted by Crippen LogP contribution is 2.46. The molecule has 0 aromatic carbocycles. The predicted molar refractivity (Wildman–Crippen MR) is 69.5 cm³/mol. The Morgan fingerprint density at radius 1 is 0.938 bits per heavy atom. The molecule has 0 aromatic heterocycles. The van der Waals surface area contributed by atoms with Crippen LogP contribution in [0.4, 0.5) is 0 Å². The lowest BCUT2D eigenvalue weighted by atomic mass is 9.76. The molecule has 3 aliphatic rings. The number of hydrogen-bond donors (Lipinski definition) is 0. The van der Waals surface area contributed by atoms with Gasteiger partial charge in [-0.15, -0.1) is 0 Å². The molecule has 0 amide bonds. The molecule has 2 atom stereocenters. The third kappa shape index (κ3) is 1.53. The first-order chi connectivity index (χ1) is 7.07. The first kappa shape index (κ1) is 12.4. The quantitative estimate of drug-likeness (QED) is 0.573. The van der Waals surface area contributed by atoms with Crippen molar-refractivity contribution in [3.63, 3.8) is 0 Å². The number of likely N-dealkylation sites (N-methyl/N-ethyl adjacent to an activating group) is 1. The molecule has 3 aliphatic heterocycles. The highest BCUT2D eigenvalue weighted by atomic mass is 15.5. The molecule has 3 saturated heterocycles. The molecule has 16 heavy (non-hydrogen) atoms. The predicted octanol–water partition coefficient (Wildman–Crippen LogP) is 2.49. The summed E-state index contributed by atoms with van der Waals surface area (Å²) in [6.07, 6.45) is 1.44. The summed E-state index contributed by atoms with van der Waals surface area (Å²) in [5, 5.41) is 0. The molecule has 3 heterocycles. The van der Waals surface area contributed by atoms with Crippen molar-refractivity contribution < 1.29 is 4.48 Å². The maximum absolute atomic E-state index is 2.68. The molecule has 0 radical (unpaired) electrons. The largest absolute Gasteiger partial charge is 0.315 e. The van der Waals surface area contributed by atoms with Gasteiger partial charge in [0.25, 0.3) is 0 Å². The van der Waals surface area contributed by atoms with E-state index in [-0.39, 0.29) is 0 Å². The molecule has 2 nitrogen and oxygen atoms in total. The second-order valence-electron chi connectivity index (χ2n) is 7.94. The smallest absolute Gasteiger partial charge is 0.108 e. The van der Waals surface area contributed by atoms with E-state index in [1.807, 2.05) is 0 Å². The van der Waals surface area contributed by atoms with Crippen molar-refractivity contribution in [2.75, 3.05) is 20.1 Å². The van der Waals surface area contributed by atoms with E-state index in [1.54, 1.807) is 0 Å². The van der Waals surface area contributed by atoms with Gasteiger partial charge in [-0.25, -0.2) is 0 Å². The fraction of sp³-hybridized carbons (Fsp3) is 1.00. The summed E-state index contributed by atoms with van der Waals surface area (Å²) in [5.74, 6) is 0. The van der Waals surface area contributed by atoms with E-state index in [0.29, 0.717) is 11.1 Å². The third-order valence-corrected chi connectivity index (χ3v) is 5.32. The summed E-state index contributed by atoms with van der Waals surface area (Å²) in [7, 11) is 2.47. The lowest BCUT2D eigenvalue weighted by Gasteiger charge is -2.68. The van der Waals surface area contributed by atoms with Crippen LogP contribution in [-0.2, 0) is 0 Å². The van der Waals surface area contributed by atoms with Crippen molar-refractivity contribution in [3.05, 3.63) is 0 Å². The normalized spacial score (nSPS) is 40.7. The number of fused-ring (bicyclic) bond motifs is 2. The van der Waals surface area contributed by atoms with Crippen LogP contribution in [0.5, 0.6) is 0 Å². The van der Waals surface area contributed by atoms with Crippen LogP contribution in [0.2, 0.25) is 0 Å². The highest BCUT2D eigenvalue weighted by molar-refractivity contribution is 4.97. The van der Waals surface area contributed by atoms with Gasteiger partial charge in [0.05, 0.1) is 32.1 Å². The highest BCUT2D eigenvalue weighted by Gasteiger charge is 2.62. The van der Waals surface area contributed by atoms with Gasteiger partial charge in [-0.2, -0.15) is 0 Å². The van der Waals surface area contributed by atoms with Gasteiger partial charge in [0.15, 0.2) is 0 Å². The van der Waals surface area contributed by atoms with Gasteiger partial charge < -0.3 is 4.48 Å². The number of nitrogens with zero attached hydrogens (tertiary/aromatic N) is 2. The van der Waals surface area contributed by atoms with Gasteiger partial charge in [-0.05, 0) is 41.5 Å². The van der Waals surface area contributed by atoms with E-state index in [4.69, 9.17) is 0 Å². The first-order valence-corrected chi connectivity index (χ1v) is 6.68. The molecule has 0 spiro atoms. The van der Waals surface area contributed by atoms with Crippen LogP contribution in [0, 0.1) is 0 Å². The Labute approximate surface area is 101 Å². The van der Waals surface area contributed by atoms with E-state index in [9.17, 15) is 0 Å². The Kier molecular flexibility index (Phi) is 2.50. The second-order valence-corrected chi connectivity index (χ2v) is 7.94. The van der Waals surface area contributed by atoms with Gasteiger partial charge in [-0.1, -0.05) is 0 Å². The van der Waals surface area contributed by atoms with Crippen LogP contribution in [-0.4, -0.2) is 52.7 Å². The summed E-state index contributed by atoms with van der Waals surface area (Å²) in [6.45, 7) is 16.8. The maximum Gasteiger partial charge on any atom is 0.108 e. The zero-order valence-electron chi connectivity index (χ0n) is 12.2. The summed E-state index contributed by atoms with van der Waals surface area (Å²) < 4.78 is 1.29. The summed E-state index contributed by atoms with van der Waals surface area (Å²) in [4.78, 5) is 2.68. The summed E-state index contributed by atoms with van der Waals surface area (Å²) in [5.41, 5.74) is 0.748. The minimum Gasteiger partial charge on any atom is -0.315 e. The molecule has 0 N–H and O–H groups in total. The average Bonchev–Trinajstić information content (AvgIpc) is 2.13. The minimum absolute atomic E-state index is 0.347. The fourth-order valence-electron chi connectivity index (χ4n) is 3.63. The molecule has 3 rings (SSSR count). The SMILES string of the molecule is CC(C)(C)N1CC2CC(C1)[N+]2(C)C(C)(C)C. The van der Waals surface area contributed by atoms with Crippen LogP contribution in [0.3, 0.4) is 0 Å². The first-order valence-electron chi connectivity index (χ1n) is 6.68. The summed E-state index contributed by atoms with van der Waals surface area (Å²) >= 11 is 0. The van der Waals surface area contributed by atoms with Crippen molar-refractivity contribution in [2.24, 2.45) is 0 Å². The minimum atomic E-state index is 0.347. The van der Waals surface area contributed by atoms with E-state index in [0.717, 1.165) is 12.1 Å². The lowest BCUT2D eigenvalue weighted by molar-refractivity contribution is -1.04. The number of piperazine rings is 1. The Bertz CT molecular complexity index is 270. The molecule has 2 unspecified atom stereocenters. The summed E-state index contributed by atoms with van der Waals surface area (Å²) in [6, 6.07) is 1.72. The lowest BCUT2D eigenvalue weighted by Crippen LogP contribution is -2.84. The van der Waals surface area contributed by atoms with Crippen molar-refractivity contribution in [1.82, 2.24) is 4.90 Å². The maximum atomic E-state index is 2.68. The molecular weight excluding hydrogens is 196 g/mol. The van der Waals surface area contributed by atoms with Gasteiger partial charge >= 0.3 is 0 Å². The van der Waals surface area contributed by atoms with E-state index in [1.165, 1.54) is 24.0 Å². The number of hydrogen-bond acceptors (Lipinski definition) is 1. The molecule has 0 saturated carbocycles. The molecule has 2 bridgehead atoms. The van der Waals surface area contributed by atoms with Crippen molar-refractivity contribution >= 4 is 0 Å². The Morgan fingerprint density at radius 2 is 1.38 bits per heavy atom. The topological polar surface area (TPSA) is 3.24 Å². The van der Waals surface area contributed by atoms with Crippen LogP contribution >= 0.6 is 0 Å². The third-order valence-electron chi connectivity index (χ3n) is 5.32. The average molecular weight is 225 g/mol. The van der Waals surface area contributed by atoms with Crippen LogP contribution in [0.15, 0.2) is 0 Å². The zero-order valence-corrected chi connectivity index (χ0v) is 12.2. The Morgan fingerprint density at radius 3 is 1.69 bits per heavy atom. The van der Waals surface area contributed by atoms with Gasteiger partial charge in [0.1, 0.15) is 12.1 Å². The van der Waals surface area contributed by atoms with Crippen molar-refractivity contribution in [2.45, 2.75) is 71.1 Å². The monoisotopic (exact) mass is 225 g/mol. The van der Waals surface area contributed by atoms with Gasteiger partial charge in [0.2, 0.25) is 0 Å². The van der Waals surface area contributed by atoms with Crippen LogP contribution in [0.25, 0.3) is 0 Å². The second kappa shape index (κ2) is 3.23. The number of piperidine rings is 1. The van der Waals surface area contributed by atoms with E-state index >= 15 is 0 Å². The molecule has 0 aromatic rings. The molecule has 94 valence electrons. The molecule has 0 aliphatic carbocycles. The molecule has 3 fully saturated rings.